The molecule has 0 atom stereocenters. The Balaban J connectivity index is 3.69. The van der Waals surface area contributed by atoms with Gasteiger partial charge in [0.05, 0.1) is 5.75 Å². The molecular formula is C5H14N2O3S. The maximum absolute atomic E-state index is 10.2. The Bertz CT molecular complexity index is 186. The van der Waals surface area contributed by atoms with Crippen LogP contribution < -0.4 is 11.5 Å². The Morgan fingerprint density at radius 2 is 1.73 bits per heavy atom. The SMILES string of the molecule is NCC(CN)CCS(=O)(=O)O. The van der Waals surface area contributed by atoms with E-state index in [0.717, 1.165) is 0 Å². The third-order valence-corrected chi connectivity index (χ3v) is 2.20. The Morgan fingerprint density at radius 3 is 2.00 bits per heavy atom. The number of rotatable bonds is 5. The van der Waals surface area contributed by atoms with Crippen molar-refractivity contribution in [2.45, 2.75) is 6.42 Å². The topological polar surface area (TPSA) is 106 Å². The molecule has 0 aliphatic carbocycles. The zero-order valence-corrected chi connectivity index (χ0v) is 7.05. The summed E-state index contributed by atoms with van der Waals surface area (Å²) in [6.45, 7) is 0.706. The van der Waals surface area contributed by atoms with Crippen LogP contribution in [0.3, 0.4) is 0 Å². The second-order valence-electron chi connectivity index (χ2n) is 2.41. The van der Waals surface area contributed by atoms with Crippen molar-refractivity contribution in [2.24, 2.45) is 17.4 Å². The first-order valence-corrected chi connectivity index (χ1v) is 4.95. The van der Waals surface area contributed by atoms with Crippen molar-refractivity contribution < 1.29 is 13.0 Å². The molecule has 0 saturated heterocycles. The Hall–Kier alpha value is -0.170. The molecule has 0 fully saturated rings. The summed E-state index contributed by atoms with van der Waals surface area (Å²) in [6, 6.07) is 0. The van der Waals surface area contributed by atoms with Gasteiger partial charge >= 0.3 is 0 Å². The number of hydrogen-bond donors (Lipinski definition) is 3. The molecule has 0 bridgehead atoms. The smallest absolute Gasteiger partial charge is 0.264 e. The quantitative estimate of drug-likeness (QED) is 0.463. The highest BCUT2D eigenvalue weighted by atomic mass is 32.2. The molecule has 0 amide bonds. The third-order valence-electron chi connectivity index (χ3n) is 1.45. The fraction of sp³-hybridized carbons (Fsp3) is 1.00. The minimum atomic E-state index is -3.85. The molecule has 0 spiro atoms. The second-order valence-corrected chi connectivity index (χ2v) is 3.98. The Labute approximate surface area is 66.5 Å². The molecule has 0 heterocycles. The molecule has 0 aliphatic rings. The lowest BCUT2D eigenvalue weighted by Gasteiger charge is -2.09. The summed E-state index contributed by atoms with van der Waals surface area (Å²) < 4.78 is 28.8. The van der Waals surface area contributed by atoms with Crippen LogP contribution in [0.4, 0.5) is 0 Å². The third kappa shape index (κ3) is 6.24. The van der Waals surface area contributed by atoms with E-state index in [-0.39, 0.29) is 11.7 Å². The first-order chi connectivity index (χ1) is 4.99. The molecule has 6 heteroatoms. The lowest BCUT2D eigenvalue weighted by Crippen LogP contribution is -2.25. The van der Waals surface area contributed by atoms with E-state index in [0.29, 0.717) is 19.5 Å². The minimum Gasteiger partial charge on any atom is -0.330 e. The maximum atomic E-state index is 10.2. The van der Waals surface area contributed by atoms with Crippen LogP contribution in [-0.4, -0.2) is 31.8 Å². The minimum absolute atomic E-state index is 0.0167. The fourth-order valence-electron chi connectivity index (χ4n) is 0.648. The van der Waals surface area contributed by atoms with Crippen molar-refractivity contribution in [1.82, 2.24) is 0 Å². The van der Waals surface area contributed by atoms with Crippen LogP contribution in [0.1, 0.15) is 6.42 Å². The first kappa shape index (κ1) is 10.8. The van der Waals surface area contributed by atoms with Crippen molar-refractivity contribution in [1.29, 1.82) is 0 Å². The molecule has 0 aromatic rings. The van der Waals surface area contributed by atoms with E-state index in [4.69, 9.17) is 16.0 Å². The predicted octanol–water partition coefficient (Wildman–Crippen LogP) is -1.20. The van der Waals surface area contributed by atoms with Crippen LogP contribution in [0.2, 0.25) is 0 Å². The van der Waals surface area contributed by atoms with Gasteiger partial charge in [0, 0.05) is 0 Å². The summed E-state index contributed by atoms with van der Waals surface area (Å²) in [5.74, 6) is -0.275. The fourth-order valence-corrected chi connectivity index (χ4v) is 1.28. The van der Waals surface area contributed by atoms with Crippen molar-refractivity contribution >= 4 is 10.1 Å². The zero-order valence-electron chi connectivity index (χ0n) is 6.23. The lowest BCUT2D eigenvalue weighted by molar-refractivity contribution is 0.465. The van der Waals surface area contributed by atoms with Crippen LogP contribution in [0, 0.1) is 5.92 Å². The van der Waals surface area contributed by atoms with E-state index in [2.05, 4.69) is 0 Å². The van der Waals surface area contributed by atoms with E-state index in [1.807, 2.05) is 0 Å². The van der Waals surface area contributed by atoms with Gasteiger partial charge in [0.15, 0.2) is 0 Å². The summed E-state index contributed by atoms with van der Waals surface area (Å²) in [5.41, 5.74) is 10.5. The van der Waals surface area contributed by atoms with Gasteiger partial charge < -0.3 is 11.5 Å². The van der Waals surface area contributed by atoms with Gasteiger partial charge in [-0.2, -0.15) is 8.42 Å². The van der Waals surface area contributed by atoms with Crippen molar-refractivity contribution in [3.63, 3.8) is 0 Å². The Kier molecular flexibility index (Phi) is 4.58. The zero-order chi connectivity index (χ0) is 8.91. The average Bonchev–Trinajstić information content (AvgIpc) is 1.88. The van der Waals surface area contributed by atoms with Gasteiger partial charge in [-0.15, -0.1) is 0 Å². The summed E-state index contributed by atoms with van der Waals surface area (Å²) in [4.78, 5) is 0. The van der Waals surface area contributed by atoms with Crippen molar-refractivity contribution in [2.75, 3.05) is 18.8 Å². The molecule has 68 valence electrons. The van der Waals surface area contributed by atoms with E-state index in [9.17, 15) is 8.42 Å². The number of nitrogens with two attached hydrogens (primary N) is 2. The summed E-state index contributed by atoms with van der Waals surface area (Å²) in [6.07, 6.45) is 0.325. The highest BCUT2D eigenvalue weighted by molar-refractivity contribution is 7.85. The monoisotopic (exact) mass is 182 g/mol. The molecule has 0 aromatic carbocycles. The summed E-state index contributed by atoms with van der Waals surface area (Å²) >= 11 is 0. The van der Waals surface area contributed by atoms with Crippen molar-refractivity contribution in [3.8, 4) is 0 Å². The largest absolute Gasteiger partial charge is 0.330 e. The van der Waals surface area contributed by atoms with Crippen LogP contribution in [0.5, 0.6) is 0 Å². The Morgan fingerprint density at radius 1 is 1.27 bits per heavy atom. The molecule has 5 N–H and O–H groups in total. The molecule has 0 saturated carbocycles. The van der Waals surface area contributed by atoms with Gasteiger partial charge in [-0.25, -0.2) is 0 Å². The van der Waals surface area contributed by atoms with E-state index < -0.39 is 10.1 Å². The van der Waals surface area contributed by atoms with Gasteiger partial charge in [0.2, 0.25) is 0 Å². The molecule has 0 radical (unpaired) electrons. The van der Waals surface area contributed by atoms with Gasteiger partial charge in [-0.3, -0.25) is 4.55 Å². The lowest BCUT2D eigenvalue weighted by atomic mass is 10.1. The van der Waals surface area contributed by atoms with Crippen LogP contribution in [0.25, 0.3) is 0 Å². The predicted molar refractivity (Wildman–Crippen MR) is 42.6 cm³/mol. The molecular weight excluding hydrogens is 168 g/mol. The standard InChI is InChI=1S/C5H14N2O3S/c6-3-5(4-7)1-2-11(8,9)10/h5H,1-4,6-7H2,(H,8,9,10). The second kappa shape index (κ2) is 4.66. The highest BCUT2D eigenvalue weighted by Crippen LogP contribution is 2.00. The number of hydrogen-bond acceptors (Lipinski definition) is 4. The molecule has 0 unspecified atom stereocenters. The van der Waals surface area contributed by atoms with Gasteiger partial charge in [0.25, 0.3) is 10.1 Å². The van der Waals surface area contributed by atoms with Crippen LogP contribution in [-0.2, 0) is 10.1 Å². The van der Waals surface area contributed by atoms with Gasteiger partial charge in [0.1, 0.15) is 0 Å². The van der Waals surface area contributed by atoms with Crippen LogP contribution >= 0.6 is 0 Å². The van der Waals surface area contributed by atoms with Gasteiger partial charge in [-0.1, -0.05) is 0 Å². The molecule has 0 aromatic heterocycles. The molecule has 0 rings (SSSR count). The summed E-state index contributed by atoms with van der Waals surface area (Å²) in [5, 5.41) is 0. The highest BCUT2D eigenvalue weighted by Gasteiger charge is 2.09. The molecule has 0 aliphatic heterocycles. The molecule has 5 nitrogen and oxygen atoms in total. The van der Waals surface area contributed by atoms with E-state index in [1.54, 1.807) is 0 Å². The summed E-state index contributed by atoms with van der Waals surface area (Å²) in [7, 11) is -3.85. The van der Waals surface area contributed by atoms with E-state index in [1.165, 1.54) is 0 Å². The van der Waals surface area contributed by atoms with Gasteiger partial charge in [-0.05, 0) is 25.4 Å². The average molecular weight is 182 g/mol. The van der Waals surface area contributed by atoms with E-state index >= 15 is 0 Å². The normalized spacial score (nSPS) is 12.4. The van der Waals surface area contributed by atoms with Crippen LogP contribution in [0.15, 0.2) is 0 Å². The maximum Gasteiger partial charge on any atom is 0.264 e. The molecule has 11 heavy (non-hydrogen) atoms. The van der Waals surface area contributed by atoms with Crippen molar-refractivity contribution in [3.05, 3.63) is 0 Å². The first-order valence-electron chi connectivity index (χ1n) is 3.35.